The van der Waals surface area contributed by atoms with Crippen LogP contribution < -0.4 is 0 Å². The summed E-state index contributed by atoms with van der Waals surface area (Å²) in [7, 11) is 0. The van der Waals surface area contributed by atoms with Crippen LogP contribution in [0.5, 0.6) is 0 Å². The summed E-state index contributed by atoms with van der Waals surface area (Å²) in [6.45, 7) is 4.90. The molecule has 1 rings (SSSR count). The lowest BCUT2D eigenvalue weighted by atomic mass is 9.93. The molecule has 0 N–H and O–H groups in total. The number of carbonyl (C=O) groups excluding carboxylic acids is 1. The average Bonchev–Trinajstić information content (AvgIpc) is 2.25. The first-order valence-corrected chi connectivity index (χ1v) is 5.84. The van der Waals surface area contributed by atoms with E-state index in [9.17, 15) is 4.79 Å². The summed E-state index contributed by atoms with van der Waals surface area (Å²) in [6.07, 6.45) is 4.83. The summed E-state index contributed by atoms with van der Waals surface area (Å²) >= 11 is 0. The number of nitrogens with zero attached hydrogens (tertiary/aromatic N) is 2. The number of unbranched alkanes of at least 4 members (excludes halogenated alkanes) is 2. The third-order valence-electron chi connectivity index (χ3n) is 3.18. The first kappa shape index (κ1) is 12.2. The van der Waals surface area contributed by atoms with E-state index in [2.05, 4.69) is 11.0 Å². The standard InChI is InChI=1S/C12H20N2O/c1-11(15)12-5-9-14(10-6-12)8-4-2-3-7-13/h12H,2-6,8-10H2,1H3. The van der Waals surface area contributed by atoms with Gasteiger partial charge in [-0.15, -0.1) is 0 Å². The number of likely N-dealkylation sites (tertiary alicyclic amines) is 1. The molecule has 0 amide bonds. The molecule has 3 nitrogen and oxygen atoms in total. The number of ketones is 1. The highest BCUT2D eigenvalue weighted by Gasteiger charge is 2.21. The van der Waals surface area contributed by atoms with Crippen LogP contribution in [-0.2, 0) is 4.79 Å². The molecule has 84 valence electrons. The van der Waals surface area contributed by atoms with Crippen molar-refractivity contribution in [3.8, 4) is 6.07 Å². The molecule has 0 spiro atoms. The molecule has 1 aliphatic rings. The van der Waals surface area contributed by atoms with E-state index in [-0.39, 0.29) is 0 Å². The molecule has 0 aromatic carbocycles. The van der Waals surface area contributed by atoms with Crippen LogP contribution in [0.1, 0.15) is 39.0 Å². The summed E-state index contributed by atoms with van der Waals surface area (Å²) in [5, 5.41) is 8.40. The van der Waals surface area contributed by atoms with E-state index in [1.165, 1.54) is 0 Å². The number of Topliss-reactive ketones (excluding diaryl/α,β-unsaturated/α-hetero) is 1. The van der Waals surface area contributed by atoms with Gasteiger partial charge in [-0.3, -0.25) is 4.79 Å². The summed E-state index contributed by atoms with van der Waals surface area (Å²) in [4.78, 5) is 13.6. The Balaban J connectivity index is 2.10. The molecule has 1 aliphatic heterocycles. The second-order valence-electron chi connectivity index (χ2n) is 4.34. The Labute approximate surface area is 92.1 Å². The zero-order chi connectivity index (χ0) is 11.1. The third kappa shape index (κ3) is 4.44. The second kappa shape index (κ2) is 6.58. The van der Waals surface area contributed by atoms with Gasteiger partial charge >= 0.3 is 0 Å². The Kier molecular flexibility index (Phi) is 5.34. The smallest absolute Gasteiger partial charge is 0.133 e. The molecule has 15 heavy (non-hydrogen) atoms. The van der Waals surface area contributed by atoms with Crippen LogP contribution >= 0.6 is 0 Å². The van der Waals surface area contributed by atoms with Gasteiger partial charge in [0.25, 0.3) is 0 Å². The van der Waals surface area contributed by atoms with Crippen LogP contribution in [0.4, 0.5) is 0 Å². The molecule has 0 atom stereocenters. The molecule has 1 heterocycles. The molecule has 0 radical (unpaired) electrons. The number of carbonyl (C=O) groups is 1. The van der Waals surface area contributed by atoms with Gasteiger partial charge in [0.05, 0.1) is 6.07 Å². The van der Waals surface area contributed by atoms with E-state index in [4.69, 9.17) is 5.26 Å². The maximum absolute atomic E-state index is 11.2. The van der Waals surface area contributed by atoms with Crippen molar-refractivity contribution in [1.29, 1.82) is 5.26 Å². The normalized spacial score (nSPS) is 18.7. The fourth-order valence-electron chi connectivity index (χ4n) is 2.10. The molecular formula is C12H20N2O. The van der Waals surface area contributed by atoms with Gasteiger partial charge in [0.1, 0.15) is 5.78 Å². The maximum Gasteiger partial charge on any atom is 0.133 e. The summed E-state index contributed by atoms with van der Waals surface area (Å²) < 4.78 is 0. The maximum atomic E-state index is 11.2. The topological polar surface area (TPSA) is 44.1 Å². The molecule has 0 bridgehead atoms. The number of rotatable bonds is 5. The highest BCUT2D eigenvalue weighted by Crippen LogP contribution is 2.18. The molecule has 1 fully saturated rings. The van der Waals surface area contributed by atoms with Gasteiger partial charge in [-0.1, -0.05) is 0 Å². The largest absolute Gasteiger partial charge is 0.303 e. The van der Waals surface area contributed by atoms with Gasteiger partial charge in [-0.2, -0.15) is 5.26 Å². The first-order chi connectivity index (χ1) is 7.24. The number of nitriles is 1. The highest BCUT2D eigenvalue weighted by molar-refractivity contribution is 5.78. The summed E-state index contributed by atoms with van der Waals surface area (Å²) in [6, 6.07) is 2.16. The van der Waals surface area contributed by atoms with Crippen molar-refractivity contribution in [3.05, 3.63) is 0 Å². The summed E-state index contributed by atoms with van der Waals surface area (Å²) in [5.74, 6) is 0.652. The SMILES string of the molecule is CC(=O)C1CCN(CCCCC#N)CC1. The lowest BCUT2D eigenvalue weighted by Gasteiger charge is -2.30. The van der Waals surface area contributed by atoms with E-state index in [0.29, 0.717) is 18.1 Å². The summed E-state index contributed by atoms with van der Waals surface area (Å²) in [5.41, 5.74) is 0. The van der Waals surface area contributed by atoms with Gasteiger partial charge in [0, 0.05) is 12.3 Å². The minimum Gasteiger partial charge on any atom is -0.303 e. The van der Waals surface area contributed by atoms with Crippen LogP contribution in [0.15, 0.2) is 0 Å². The third-order valence-corrected chi connectivity index (χ3v) is 3.18. The molecule has 0 aliphatic carbocycles. The minimum absolute atomic E-state index is 0.306. The van der Waals surface area contributed by atoms with Crippen LogP contribution in [0.25, 0.3) is 0 Å². The van der Waals surface area contributed by atoms with Crippen molar-refractivity contribution in [2.24, 2.45) is 5.92 Å². The zero-order valence-corrected chi connectivity index (χ0v) is 9.54. The molecule has 0 aromatic heterocycles. The van der Waals surface area contributed by atoms with E-state index < -0.39 is 0 Å². The zero-order valence-electron chi connectivity index (χ0n) is 9.54. The lowest BCUT2D eigenvalue weighted by Crippen LogP contribution is -2.36. The van der Waals surface area contributed by atoms with E-state index in [1.807, 2.05) is 0 Å². The van der Waals surface area contributed by atoms with Crippen LogP contribution in [0.3, 0.4) is 0 Å². The fraction of sp³-hybridized carbons (Fsp3) is 0.833. The van der Waals surface area contributed by atoms with Crippen molar-refractivity contribution in [1.82, 2.24) is 4.90 Å². The van der Waals surface area contributed by atoms with Gasteiger partial charge in [-0.05, 0) is 52.2 Å². The van der Waals surface area contributed by atoms with E-state index in [1.54, 1.807) is 6.92 Å². The fourth-order valence-corrected chi connectivity index (χ4v) is 2.10. The van der Waals surface area contributed by atoms with Crippen LogP contribution in [-0.4, -0.2) is 30.3 Å². The second-order valence-corrected chi connectivity index (χ2v) is 4.34. The molecule has 0 unspecified atom stereocenters. The molecule has 0 saturated carbocycles. The van der Waals surface area contributed by atoms with Crippen molar-refractivity contribution in [2.45, 2.75) is 39.0 Å². The van der Waals surface area contributed by atoms with Crippen molar-refractivity contribution in [2.75, 3.05) is 19.6 Å². The van der Waals surface area contributed by atoms with Gasteiger partial charge in [-0.25, -0.2) is 0 Å². The molecule has 0 aromatic rings. The average molecular weight is 208 g/mol. The molecular weight excluding hydrogens is 188 g/mol. The van der Waals surface area contributed by atoms with Crippen molar-refractivity contribution < 1.29 is 4.79 Å². The molecule has 3 heteroatoms. The Hall–Kier alpha value is -0.880. The van der Waals surface area contributed by atoms with Crippen molar-refractivity contribution in [3.63, 3.8) is 0 Å². The van der Waals surface area contributed by atoms with E-state index in [0.717, 1.165) is 45.3 Å². The lowest BCUT2D eigenvalue weighted by molar-refractivity contribution is -0.122. The molecule has 1 saturated heterocycles. The number of piperidine rings is 1. The number of hydrogen-bond donors (Lipinski definition) is 0. The van der Waals surface area contributed by atoms with Gasteiger partial charge < -0.3 is 4.90 Å². The van der Waals surface area contributed by atoms with Gasteiger partial charge in [0.2, 0.25) is 0 Å². The van der Waals surface area contributed by atoms with Gasteiger partial charge in [0.15, 0.2) is 0 Å². The van der Waals surface area contributed by atoms with Crippen LogP contribution in [0.2, 0.25) is 0 Å². The first-order valence-electron chi connectivity index (χ1n) is 5.84. The van der Waals surface area contributed by atoms with Crippen LogP contribution in [0, 0.1) is 17.2 Å². The number of hydrogen-bond acceptors (Lipinski definition) is 3. The van der Waals surface area contributed by atoms with E-state index >= 15 is 0 Å². The minimum atomic E-state index is 0.306. The quantitative estimate of drug-likeness (QED) is 0.649. The Morgan fingerprint density at radius 1 is 1.40 bits per heavy atom. The monoisotopic (exact) mass is 208 g/mol. The predicted octanol–water partition coefficient (Wildman–Crippen LogP) is 1.98. The highest BCUT2D eigenvalue weighted by atomic mass is 16.1. The van der Waals surface area contributed by atoms with Crippen molar-refractivity contribution >= 4 is 5.78 Å². The Morgan fingerprint density at radius 3 is 2.60 bits per heavy atom. The predicted molar refractivity (Wildman–Crippen MR) is 59.3 cm³/mol. The Bertz CT molecular complexity index is 236. The Morgan fingerprint density at radius 2 is 2.07 bits per heavy atom.